The van der Waals surface area contributed by atoms with Gasteiger partial charge in [0.05, 0.1) is 10.9 Å². The molecular formula is C15H19ClFNO2. The van der Waals surface area contributed by atoms with Gasteiger partial charge in [0.1, 0.15) is 12.4 Å². The zero-order chi connectivity index (χ0) is 14.5. The molecule has 2 rings (SSSR count). The second-order valence-corrected chi connectivity index (χ2v) is 5.51. The van der Waals surface area contributed by atoms with Gasteiger partial charge in [-0.25, -0.2) is 4.39 Å². The second-order valence-electron chi connectivity index (χ2n) is 5.10. The zero-order valence-corrected chi connectivity index (χ0v) is 12.3. The molecule has 0 aromatic heterocycles. The Morgan fingerprint density at radius 1 is 1.55 bits per heavy atom. The summed E-state index contributed by atoms with van der Waals surface area (Å²) in [7, 11) is 0. The van der Waals surface area contributed by atoms with Crippen LogP contribution in [0.25, 0.3) is 0 Å². The standard InChI is InChI=1S/C15H19ClFNO2/c1-2-12-8-10(6-7-18-12)15(19)20-9-11-4-3-5-13(16)14(11)17/h3-5,10,12,18H,2,6-9H2,1H3. The molecule has 20 heavy (non-hydrogen) atoms. The van der Waals surface area contributed by atoms with Gasteiger partial charge in [0, 0.05) is 11.6 Å². The minimum Gasteiger partial charge on any atom is -0.460 e. The van der Waals surface area contributed by atoms with Crippen molar-refractivity contribution in [2.24, 2.45) is 5.92 Å². The molecule has 0 radical (unpaired) electrons. The molecule has 0 amide bonds. The van der Waals surface area contributed by atoms with Crippen LogP contribution in [0.2, 0.25) is 5.02 Å². The van der Waals surface area contributed by atoms with E-state index in [1.807, 2.05) is 0 Å². The van der Waals surface area contributed by atoms with Gasteiger partial charge in [0.15, 0.2) is 0 Å². The summed E-state index contributed by atoms with van der Waals surface area (Å²) in [5.41, 5.74) is 0.312. The number of benzene rings is 1. The number of carbonyl (C=O) groups is 1. The fraction of sp³-hybridized carbons (Fsp3) is 0.533. The summed E-state index contributed by atoms with van der Waals surface area (Å²) in [5.74, 6) is -0.855. The third-order valence-electron chi connectivity index (χ3n) is 3.72. The first kappa shape index (κ1) is 15.3. The maximum absolute atomic E-state index is 13.7. The van der Waals surface area contributed by atoms with Gasteiger partial charge in [-0.3, -0.25) is 4.79 Å². The second kappa shape index (κ2) is 7.04. The Morgan fingerprint density at radius 2 is 2.35 bits per heavy atom. The first-order valence-corrected chi connectivity index (χ1v) is 7.32. The topological polar surface area (TPSA) is 38.3 Å². The largest absolute Gasteiger partial charge is 0.460 e. The summed E-state index contributed by atoms with van der Waals surface area (Å²) >= 11 is 5.69. The Balaban J connectivity index is 1.90. The number of ether oxygens (including phenoxy) is 1. The molecule has 1 fully saturated rings. The molecule has 3 nitrogen and oxygen atoms in total. The zero-order valence-electron chi connectivity index (χ0n) is 11.5. The van der Waals surface area contributed by atoms with E-state index in [1.165, 1.54) is 6.07 Å². The monoisotopic (exact) mass is 299 g/mol. The van der Waals surface area contributed by atoms with Gasteiger partial charge in [-0.1, -0.05) is 30.7 Å². The first-order valence-electron chi connectivity index (χ1n) is 6.94. The van der Waals surface area contributed by atoms with E-state index in [0.29, 0.717) is 11.6 Å². The molecule has 5 heteroatoms. The van der Waals surface area contributed by atoms with Gasteiger partial charge >= 0.3 is 5.97 Å². The van der Waals surface area contributed by atoms with Gasteiger partial charge < -0.3 is 10.1 Å². The molecule has 0 aliphatic carbocycles. The number of halogens is 2. The van der Waals surface area contributed by atoms with Crippen molar-refractivity contribution in [1.29, 1.82) is 0 Å². The molecule has 1 aromatic carbocycles. The van der Waals surface area contributed by atoms with Crippen molar-refractivity contribution in [1.82, 2.24) is 5.32 Å². The van der Waals surface area contributed by atoms with Gasteiger partial charge in [-0.15, -0.1) is 0 Å². The Morgan fingerprint density at radius 3 is 3.10 bits per heavy atom. The summed E-state index contributed by atoms with van der Waals surface area (Å²) in [4.78, 5) is 12.0. The predicted octanol–water partition coefficient (Wildman–Crippen LogP) is 3.30. The minimum atomic E-state index is -0.515. The van der Waals surface area contributed by atoms with Crippen LogP contribution in [0.15, 0.2) is 18.2 Å². The van der Waals surface area contributed by atoms with Crippen LogP contribution in [-0.2, 0) is 16.1 Å². The molecule has 2 atom stereocenters. The Hall–Kier alpha value is -1.13. The molecule has 1 aliphatic heterocycles. The summed E-state index contributed by atoms with van der Waals surface area (Å²) in [6, 6.07) is 5.06. The summed E-state index contributed by atoms with van der Waals surface area (Å²) in [6.45, 7) is 2.85. The van der Waals surface area contributed by atoms with Crippen LogP contribution < -0.4 is 5.32 Å². The average molecular weight is 300 g/mol. The van der Waals surface area contributed by atoms with E-state index in [2.05, 4.69) is 12.2 Å². The van der Waals surface area contributed by atoms with Gasteiger partial charge in [-0.05, 0) is 31.9 Å². The number of esters is 1. The van der Waals surface area contributed by atoms with E-state index < -0.39 is 5.82 Å². The summed E-state index contributed by atoms with van der Waals surface area (Å²) < 4.78 is 18.9. The van der Waals surface area contributed by atoms with Crippen molar-refractivity contribution in [3.05, 3.63) is 34.6 Å². The van der Waals surface area contributed by atoms with Crippen LogP contribution in [0.3, 0.4) is 0 Å². The number of piperidine rings is 1. The summed E-state index contributed by atoms with van der Waals surface area (Å²) in [6.07, 6.45) is 2.55. The number of nitrogens with one attached hydrogen (secondary N) is 1. The van der Waals surface area contributed by atoms with E-state index in [1.54, 1.807) is 12.1 Å². The third-order valence-corrected chi connectivity index (χ3v) is 4.01. The van der Waals surface area contributed by atoms with Crippen molar-refractivity contribution in [2.45, 2.75) is 38.8 Å². The van der Waals surface area contributed by atoms with Crippen LogP contribution in [0, 0.1) is 11.7 Å². The Labute approximate surface area is 123 Å². The molecule has 1 heterocycles. The maximum atomic E-state index is 13.7. The van der Waals surface area contributed by atoms with Crippen LogP contribution >= 0.6 is 11.6 Å². The molecule has 0 bridgehead atoms. The first-order chi connectivity index (χ1) is 9.61. The number of carbonyl (C=O) groups excluding carboxylic acids is 1. The minimum absolute atomic E-state index is 0.0477. The molecule has 2 unspecified atom stereocenters. The Bertz CT molecular complexity index is 481. The lowest BCUT2D eigenvalue weighted by Crippen LogP contribution is -2.40. The van der Waals surface area contributed by atoms with Crippen molar-refractivity contribution in [2.75, 3.05) is 6.54 Å². The SMILES string of the molecule is CCC1CC(C(=O)OCc2cccc(Cl)c2F)CCN1. The molecule has 0 spiro atoms. The van der Waals surface area contributed by atoms with Gasteiger partial charge in [0.2, 0.25) is 0 Å². The molecule has 1 aliphatic rings. The van der Waals surface area contributed by atoms with E-state index >= 15 is 0 Å². The van der Waals surface area contributed by atoms with E-state index in [0.717, 1.165) is 25.8 Å². The van der Waals surface area contributed by atoms with Crippen LogP contribution in [0.5, 0.6) is 0 Å². The van der Waals surface area contributed by atoms with Crippen molar-refractivity contribution in [3.8, 4) is 0 Å². The van der Waals surface area contributed by atoms with E-state index in [9.17, 15) is 9.18 Å². The van der Waals surface area contributed by atoms with Gasteiger partial charge in [0.25, 0.3) is 0 Å². The molecule has 1 saturated heterocycles. The van der Waals surface area contributed by atoms with Crippen molar-refractivity contribution in [3.63, 3.8) is 0 Å². The predicted molar refractivity (Wildman–Crippen MR) is 76.0 cm³/mol. The molecule has 1 aromatic rings. The van der Waals surface area contributed by atoms with Crippen LogP contribution in [0.1, 0.15) is 31.7 Å². The number of rotatable bonds is 4. The third kappa shape index (κ3) is 3.70. The molecule has 110 valence electrons. The fourth-order valence-electron chi connectivity index (χ4n) is 2.46. The average Bonchev–Trinajstić information content (AvgIpc) is 2.48. The highest BCUT2D eigenvalue weighted by Crippen LogP contribution is 2.22. The van der Waals surface area contributed by atoms with E-state index in [4.69, 9.17) is 16.3 Å². The molecule has 1 N–H and O–H groups in total. The lowest BCUT2D eigenvalue weighted by atomic mass is 9.91. The van der Waals surface area contributed by atoms with Crippen LogP contribution in [-0.4, -0.2) is 18.6 Å². The lowest BCUT2D eigenvalue weighted by molar-refractivity contribution is -0.151. The van der Waals surface area contributed by atoms with E-state index in [-0.39, 0.29) is 23.5 Å². The summed E-state index contributed by atoms with van der Waals surface area (Å²) in [5, 5.41) is 3.41. The maximum Gasteiger partial charge on any atom is 0.309 e. The fourth-order valence-corrected chi connectivity index (χ4v) is 2.65. The quantitative estimate of drug-likeness (QED) is 0.867. The highest BCUT2D eigenvalue weighted by atomic mass is 35.5. The lowest BCUT2D eigenvalue weighted by Gasteiger charge is -2.28. The number of hydrogen-bond acceptors (Lipinski definition) is 3. The Kier molecular flexibility index (Phi) is 5.38. The van der Waals surface area contributed by atoms with Gasteiger partial charge in [-0.2, -0.15) is 0 Å². The molecule has 0 saturated carbocycles. The van der Waals surface area contributed by atoms with Crippen molar-refractivity contribution >= 4 is 17.6 Å². The smallest absolute Gasteiger partial charge is 0.309 e. The van der Waals surface area contributed by atoms with Crippen molar-refractivity contribution < 1.29 is 13.9 Å². The molecular weight excluding hydrogens is 281 g/mol. The number of hydrogen-bond donors (Lipinski definition) is 1. The highest BCUT2D eigenvalue weighted by molar-refractivity contribution is 6.30. The van der Waals surface area contributed by atoms with Crippen LogP contribution in [0.4, 0.5) is 4.39 Å². The highest BCUT2D eigenvalue weighted by Gasteiger charge is 2.27. The normalized spacial score (nSPS) is 22.6.